The number of rotatable bonds is 3. The average molecular weight is 349 g/mol. The second-order valence-electron chi connectivity index (χ2n) is 8.01. The van der Waals surface area contributed by atoms with Gasteiger partial charge >= 0.3 is 6.09 Å². The van der Waals surface area contributed by atoms with Gasteiger partial charge < -0.3 is 20.3 Å². The molecule has 1 fully saturated rings. The number of carbonyl (C=O) groups excluding carboxylic acids is 1. The molecule has 7 heteroatoms. The number of aryl methyl sites for hydroxylation is 1. The summed E-state index contributed by atoms with van der Waals surface area (Å²) in [5, 5.41) is 0. The third-order valence-corrected chi connectivity index (χ3v) is 4.75. The van der Waals surface area contributed by atoms with Crippen LogP contribution >= 0.6 is 0 Å². The summed E-state index contributed by atoms with van der Waals surface area (Å²) in [6.45, 7) is 11.6. The molecular formula is C18H31N5O2. The van der Waals surface area contributed by atoms with Crippen molar-refractivity contribution in [3.63, 3.8) is 0 Å². The van der Waals surface area contributed by atoms with Gasteiger partial charge in [-0.25, -0.2) is 9.78 Å². The molecule has 25 heavy (non-hydrogen) atoms. The first-order valence-electron chi connectivity index (χ1n) is 8.80. The summed E-state index contributed by atoms with van der Waals surface area (Å²) in [4.78, 5) is 25.4. The Labute approximate surface area is 150 Å². The van der Waals surface area contributed by atoms with E-state index in [0.717, 1.165) is 43.1 Å². The molecule has 2 N–H and O–H groups in total. The fourth-order valence-corrected chi connectivity index (χ4v) is 3.01. The highest BCUT2D eigenvalue weighted by Crippen LogP contribution is 2.31. The van der Waals surface area contributed by atoms with Gasteiger partial charge in [-0.1, -0.05) is 0 Å². The van der Waals surface area contributed by atoms with Gasteiger partial charge in [0.25, 0.3) is 0 Å². The van der Waals surface area contributed by atoms with Gasteiger partial charge in [-0.05, 0) is 47.5 Å². The van der Waals surface area contributed by atoms with E-state index in [-0.39, 0.29) is 11.6 Å². The smallest absolute Gasteiger partial charge is 0.410 e. The van der Waals surface area contributed by atoms with Crippen LogP contribution in [0.2, 0.25) is 0 Å². The van der Waals surface area contributed by atoms with Gasteiger partial charge in [0.05, 0.1) is 17.6 Å². The van der Waals surface area contributed by atoms with Crippen LogP contribution in [0.5, 0.6) is 0 Å². The van der Waals surface area contributed by atoms with E-state index in [1.54, 1.807) is 11.1 Å². The maximum Gasteiger partial charge on any atom is 0.410 e. The van der Waals surface area contributed by atoms with Gasteiger partial charge in [0.1, 0.15) is 5.60 Å². The lowest BCUT2D eigenvalue weighted by atomic mass is 9.88. The maximum absolute atomic E-state index is 12.4. The van der Waals surface area contributed by atoms with Gasteiger partial charge in [-0.2, -0.15) is 0 Å². The second-order valence-corrected chi connectivity index (χ2v) is 8.01. The first kappa shape index (κ1) is 19.4. The Bertz CT molecular complexity index is 618. The van der Waals surface area contributed by atoms with E-state index in [1.165, 1.54) is 0 Å². The van der Waals surface area contributed by atoms with Gasteiger partial charge in [-0.3, -0.25) is 4.98 Å². The number of nitrogens with two attached hydrogens (primary N) is 1. The summed E-state index contributed by atoms with van der Waals surface area (Å²) >= 11 is 0. The molecular weight excluding hydrogens is 318 g/mol. The Morgan fingerprint density at radius 1 is 1.40 bits per heavy atom. The van der Waals surface area contributed by atoms with Crippen molar-refractivity contribution in [3.05, 3.63) is 17.6 Å². The molecule has 0 saturated carbocycles. The maximum atomic E-state index is 12.4. The van der Waals surface area contributed by atoms with Crippen LogP contribution in [-0.4, -0.2) is 52.2 Å². The minimum atomic E-state index is -0.490. The van der Waals surface area contributed by atoms with Crippen LogP contribution in [0, 0.1) is 6.92 Å². The summed E-state index contributed by atoms with van der Waals surface area (Å²) in [7, 11) is 1.82. The third-order valence-electron chi connectivity index (χ3n) is 4.75. The lowest BCUT2D eigenvalue weighted by molar-refractivity contribution is 0.00345. The summed E-state index contributed by atoms with van der Waals surface area (Å²) in [6.07, 6.45) is 3.17. The van der Waals surface area contributed by atoms with E-state index in [0.29, 0.717) is 6.54 Å². The molecule has 1 aromatic rings. The average Bonchev–Trinajstić information content (AvgIpc) is 2.53. The molecule has 140 valence electrons. The van der Waals surface area contributed by atoms with Crippen molar-refractivity contribution in [2.24, 2.45) is 5.73 Å². The normalized spacial score (nSPS) is 17.3. The molecule has 2 rings (SSSR count). The molecule has 1 aliphatic rings. The highest BCUT2D eigenvalue weighted by Gasteiger charge is 2.38. The van der Waals surface area contributed by atoms with E-state index < -0.39 is 5.60 Å². The van der Waals surface area contributed by atoms with Gasteiger partial charge in [0.2, 0.25) is 0 Å². The molecule has 0 bridgehead atoms. The van der Waals surface area contributed by atoms with E-state index in [2.05, 4.69) is 21.8 Å². The number of ether oxygens (including phenoxy) is 1. The van der Waals surface area contributed by atoms with Gasteiger partial charge in [-0.15, -0.1) is 0 Å². The Hall–Kier alpha value is -1.89. The molecule has 1 aromatic heterocycles. The zero-order chi connectivity index (χ0) is 18.8. The lowest BCUT2D eigenvalue weighted by Crippen LogP contribution is -2.55. The van der Waals surface area contributed by atoms with E-state index in [1.807, 2.05) is 34.7 Å². The van der Waals surface area contributed by atoms with E-state index in [4.69, 9.17) is 10.5 Å². The molecule has 0 aromatic carbocycles. The fourth-order valence-electron chi connectivity index (χ4n) is 3.01. The van der Waals surface area contributed by atoms with Crippen molar-refractivity contribution in [2.75, 3.05) is 25.0 Å². The monoisotopic (exact) mass is 349 g/mol. The quantitative estimate of drug-likeness (QED) is 0.902. The minimum Gasteiger partial charge on any atom is -0.444 e. The van der Waals surface area contributed by atoms with Crippen molar-refractivity contribution in [1.82, 2.24) is 14.9 Å². The number of carbonyl (C=O) groups is 1. The van der Waals surface area contributed by atoms with Crippen LogP contribution in [0.3, 0.4) is 0 Å². The number of aromatic nitrogens is 2. The zero-order valence-electron chi connectivity index (χ0n) is 16.3. The second kappa shape index (κ2) is 7.15. The van der Waals surface area contributed by atoms with Crippen LogP contribution < -0.4 is 10.6 Å². The zero-order valence-corrected chi connectivity index (χ0v) is 16.3. The number of hydrogen-bond acceptors (Lipinski definition) is 6. The molecule has 0 spiro atoms. The van der Waals surface area contributed by atoms with Crippen molar-refractivity contribution in [1.29, 1.82) is 0 Å². The Morgan fingerprint density at radius 2 is 2.00 bits per heavy atom. The van der Waals surface area contributed by atoms with E-state index >= 15 is 0 Å². The topological polar surface area (TPSA) is 84.6 Å². The summed E-state index contributed by atoms with van der Waals surface area (Å²) in [5.41, 5.74) is 6.80. The number of hydrogen-bond donors (Lipinski definition) is 1. The predicted octanol–water partition coefficient (Wildman–Crippen LogP) is 2.47. The molecule has 0 radical (unpaired) electrons. The van der Waals surface area contributed by atoms with Crippen LogP contribution in [-0.2, 0) is 11.3 Å². The highest BCUT2D eigenvalue weighted by molar-refractivity contribution is 5.69. The van der Waals surface area contributed by atoms with Crippen LogP contribution in [0.1, 0.15) is 51.9 Å². The summed E-state index contributed by atoms with van der Waals surface area (Å²) < 4.78 is 5.51. The Kier molecular flexibility index (Phi) is 5.56. The third kappa shape index (κ3) is 4.60. The Balaban J connectivity index is 2.06. The fraction of sp³-hybridized carbons (Fsp3) is 0.722. The van der Waals surface area contributed by atoms with Crippen LogP contribution in [0.15, 0.2) is 6.20 Å². The number of amides is 1. The molecule has 1 saturated heterocycles. The SMILES string of the molecule is Cc1cnc(N2CCC(C)(N(C)C(=O)OC(C)(C)C)CC2)c(CN)n1. The summed E-state index contributed by atoms with van der Waals surface area (Å²) in [6, 6.07) is 0. The van der Waals surface area contributed by atoms with Crippen LogP contribution in [0.25, 0.3) is 0 Å². The van der Waals surface area contributed by atoms with Gasteiger partial charge in [0.15, 0.2) is 5.82 Å². The first-order valence-corrected chi connectivity index (χ1v) is 8.80. The number of piperidine rings is 1. The minimum absolute atomic E-state index is 0.236. The molecule has 0 aliphatic carbocycles. The molecule has 2 heterocycles. The lowest BCUT2D eigenvalue weighted by Gasteiger charge is -2.45. The van der Waals surface area contributed by atoms with E-state index in [9.17, 15) is 4.79 Å². The van der Waals surface area contributed by atoms with Crippen molar-refractivity contribution in [2.45, 2.75) is 65.1 Å². The van der Waals surface area contributed by atoms with Crippen molar-refractivity contribution >= 4 is 11.9 Å². The van der Waals surface area contributed by atoms with Crippen molar-refractivity contribution < 1.29 is 9.53 Å². The number of nitrogens with zero attached hydrogens (tertiary/aromatic N) is 4. The standard InChI is InChI=1S/C18H31N5O2/c1-13-12-20-15(14(11-19)21-13)23-9-7-18(5,8-10-23)22(6)16(24)25-17(2,3)4/h12H,7-11,19H2,1-6H3. The predicted molar refractivity (Wildman–Crippen MR) is 98.5 cm³/mol. The highest BCUT2D eigenvalue weighted by atomic mass is 16.6. The number of anilines is 1. The Morgan fingerprint density at radius 3 is 2.52 bits per heavy atom. The summed E-state index contributed by atoms with van der Waals surface area (Å²) in [5.74, 6) is 0.857. The molecule has 1 aliphatic heterocycles. The molecule has 0 unspecified atom stereocenters. The first-order chi connectivity index (χ1) is 11.6. The van der Waals surface area contributed by atoms with Gasteiger partial charge in [0, 0.05) is 32.2 Å². The molecule has 0 atom stereocenters. The molecule has 7 nitrogen and oxygen atoms in total. The molecule has 1 amide bonds. The van der Waals surface area contributed by atoms with Crippen LogP contribution in [0.4, 0.5) is 10.6 Å². The largest absolute Gasteiger partial charge is 0.444 e. The van der Waals surface area contributed by atoms with Crippen molar-refractivity contribution in [3.8, 4) is 0 Å².